The second-order valence-electron chi connectivity index (χ2n) is 7.87. The molecule has 0 radical (unpaired) electrons. The number of halogens is 1. The molecular weight excluding hydrogens is 452 g/mol. The van der Waals surface area contributed by atoms with Gasteiger partial charge in [-0.05, 0) is 24.6 Å². The molecule has 2 fully saturated rings. The maximum absolute atomic E-state index is 13.1. The van der Waals surface area contributed by atoms with E-state index in [2.05, 4.69) is 19.9 Å². The first kappa shape index (κ1) is 21.2. The number of rotatable bonds is 3. The summed E-state index contributed by atoms with van der Waals surface area (Å²) in [6, 6.07) is 5.82. The minimum absolute atomic E-state index is 0.0497. The monoisotopic (exact) mass is 474 g/mol. The van der Waals surface area contributed by atoms with Gasteiger partial charge in [-0.25, -0.2) is 4.98 Å². The van der Waals surface area contributed by atoms with Gasteiger partial charge in [-0.15, -0.1) is 5.10 Å². The maximum atomic E-state index is 13.1. The number of carbonyl (C=O) groups is 1. The second kappa shape index (κ2) is 8.68. The van der Waals surface area contributed by atoms with E-state index in [-0.39, 0.29) is 11.5 Å². The van der Waals surface area contributed by atoms with E-state index in [1.165, 1.54) is 22.0 Å². The minimum atomic E-state index is -0.427. The Balaban J connectivity index is 1.33. The number of hydrogen-bond acceptors (Lipinski definition) is 8. The van der Waals surface area contributed by atoms with Crippen molar-refractivity contribution >= 4 is 44.6 Å². The number of ether oxygens (including phenoxy) is 1. The van der Waals surface area contributed by atoms with Gasteiger partial charge in [-0.3, -0.25) is 9.59 Å². The highest BCUT2D eigenvalue weighted by molar-refractivity contribution is 7.20. The maximum Gasteiger partial charge on any atom is 0.288 e. The summed E-state index contributed by atoms with van der Waals surface area (Å²) in [6.45, 7) is 7.11. The van der Waals surface area contributed by atoms with Crippen LogP contribution in [0.15, 0.2) is 29.2 Å². The van der Waals surface area contributed by atoms with Crippen molar-refractivity contribution in [2.24, 2.45) is 0 Å². The highest BCUT2D eigenvalue weighted by Crippen LogP contribution is 2.26. The van der Waals surface area contributed by atoms with Crippen LogP contribution >= 0.6 is 22.9 Å². The van der Waals surface area contributed by atoms with Crippen molar-refractivity contribution in [3.8, 4) is 0 Å². The number of morpholine rings is 1. The van der Waals surface area contributed by atoms with Crippen LogP contribution in [-0.4, -0.2) is 77.9 Å². The number of carbonyl (C=O) groups excluding carboxylic acids is 1. The number of hydrogen-bond donors (Lipinski definition) is 0. The van der Waals surface area contributed by atoms with Crippen molar-refractivity contribution in [1.29, 1.82) is 0 Å². The molecule has 0 N–H and O–H groups in total. The predicted molar refractivity (Wildman–Crippen MR) is 124 cm³/mol. The molecule has 3 aromatic rings. The van der Waals surface area contributed by atoms with Gasteiger partial charge < -0.3 is 19.4 Å². The Kier molecular flexibility index (Phi) is 5.75. The summed E-state index contributed by atoms with van der Waals surface area (Å²) in [5.41, 5.74) is 1.84. The zero-order chi connectivity index (χ0) is 22.2. The molecule has 9 nitrogen and oxygen atoms in total. The van der Waals surface area contributed by atoms with Crippen LogP contribution < -0.4 is 15.4 Å². The first-order chi connectivity index (χ1) is 15.5. The minimum Gasteiger partial charge on any atom is -0.378 e. The fourth-order valence-corrected chi connectivity index (χ4v) is 5.13. The second-order valence-corrected chi connectivity index (χ2v) is 9.24. The van der Waals surface area contributed by atoms with Crippen LogP contribution in [0.5, 0.6) is 0 Å². The van der Waals surface area contributed by atoms with E-state index in [0.29, 0.717) is 54.5 Å². The molecule has 5 rings (SSSR count). The largest absolute Gasteiger partial charge is 0.378 e. The SMILES string of the molecule is Cc1ccc(Cl)cc1N1CCN(C(=O)c2cnc3sc(N4CCOCC4)nn3c2=O)CC1. The number of amides is 1. The molecule has 32 heavy (non-hydrogen) atoms. The van der Waals surface area contributed by atoms with Crippen LogP contribution in [0.3, 0.4) is 0 Å². The standard InChI is InChI=1S/C21H23ClN6O3S/c1-14-2-3-15(22)12-17(14)25-4-6-26(7-5-25)18(29)16-13-23-20-28(19(16)30)24-21(32-20)27-8-10-31-11-9-27/h2-3,12-13H,4-11H2,1H3. The van der Waals surface area contributed by atoms with Crippen molar-refractivity contribution in [1.82, 2.24) is 19.5 Å². The van der Waals surface area contributed by atoms with Crippen molar-refractivity contribution in [3.05, 3.63) is 50.9 Å². The van der Waals surface area contributed by atoms with Crippen LogP contribution in [0, 0.1) is 6.92 Å². The van der Waals surface area contributed by atoms with Crippen molar-refractivity contribution < 1.29 is 9.53 Å². The first-order valence-corrected chi connectivity index (χ1v) is 11.7. The molecule has 0 unspecified atom stereocenters. The van der Waals surface area contributed by atoms with Crippen molar-refractivity contribution in [2.75, 3.05) is 62.3 Å². The molecule has 11 heteroatoms. The lowest BCUT2D eigenvalue weighted by atomic mass is 10.1. The quantitative estimate of drug-likeness (QED) is 0.573. The number of aromatic nitrogens is 3. The van der Waals surface area contributed by atoms with Gasteiger partial charge in [-0.2, -0.15) is 4.52 Å². The van der Waals surface area contributed by atoms with Crippen LogP contribution in [0.4, 0.5) is 10.8 Å². The van der Waals surface area contributed by atoms with Gasteiger partial charge in [-0.1, -0.05) is 29.0 Å². The number of nitrogens with zero attached hydrogens (tertiary/aromatic N) is 6. The highest BCUT2D eigenvalue weighted by atomic mass is 35.5. The molecule has 1 aromatic carbocycles. The molecule has 0 atom stereocenters. The lowest BCUT2D eigenvalue weighted by Crippen LogP contribution is -2.50. The average molecular weight is 475 g/mol. The number of anilines is 2. The summed E-state index contributed by atoms with van der Waals surface area (Å²) in [4.78, 5) is 37.0. The van der Waals surface area contributed by atoms with Crippen LogP contribution in [0.2, 0.25) is 5.02 Å². The lowest BCUT2D eigenvalue weighted by molar-refractivity contribution is 0.0744. The number of fused-ring (bicyclic) bond motifs is 1. The van der Waals surface area contributed by atoms with E-state index in [1.54, 1.807) is 4.90 Å². The normalized spacial score (nSPS) is 17.2. The Morgan fingerprint density at radius 2 is 1.84 bits per heavy atom. The molecule has 0 saturated carbocycles. The summed E-state index contributed by atoms with van der Waals surface area (Å²) in [6.07, 6.45) is 1.38. The molecule has 168 valence electrons. The fourth-order valence-electron chi connectivity index (χ4n) is 4.05. The van der Waals surface area contributed by atoms with Gasteiger partial charge in [0.15, 0.2) is 0 Å². The summed E-state index contributed by atoms with van der Waals surface area (Å²) in [5.74, 6) is -0.305. The average Bonchev–Trinajstić information content (AvgIpc) is 3.27. The van der Waals surface area contributed by atoms with Gasteiger partial charge in [0, 0.05) is 56.2 Å². The summed E-state index contributed by atoms with van der Waals surface area (Å²) in [7, 11) is 0. The molecule has 0 spiro atoms. The first-order valence-electron chi connectivity index (χ1n) is 10.5. The smallest absolute Gasteiger partial charge is 0.288 e. The van der Waals surface area contributed by atoms with Gasteiger partial charge >= 0.3 is 0 Å². The summed E-state index contributed by atoms with van der Waals surface area (Å²) in [5, 5.41) is 5.84. The number of piperazine rings is 1. The Labute approximate surface area is 193 Å². The molecule has 0 aliphatic carbocycles. The van der Waals surface area contributed by atoms with Gasteiger partial charge in [0.25, 0.3) is 11.5 Å². The van der Waals surface area contributed by atoms with Gasteiger partial charge in [0.1, 0.15) is 5.56 Å². The van der Waals surface area contributed by atoms with Crippen LogP contribution in [-0.2, 0) is 4.74 Å². The third-order valence-corrected chi connectivity index (χ3v) is 7.09. The highest BCUT2D eigenvalue weighted by Gasteiger charge is 2.26. The third-order valence-electron chi connectivity index (χ3n) is 5.87. The lowest BCUT2D eigenvalue weighted by Gasteiger charge is -2.36. The molecule has 2 aliphatic rings. The summed E-state index contributed by atoms with van der Waals surface area (Å²) < 4.78 is 6.62. The van der Waals surface area contributed by atoms with Crippen molar-refractivity contribution in [2.45, 2.75) is 6.92 Å². The molecule has 4 heterocycles. The Morgan fingerprint density at radius 3 is 2.59 bits per heavy atom. The van der Waals surface area contributed by atoms with E-state index in [9.17, 15) is 9.59 Å². The Morgan fingerprint density at radius 1 is 1.09 bits per heavy atom. The number of aryl methyl sites for hydroxylation is 1. The Hall–Kier alpha value is -2.69. The van der Waals surface area contributed by atoms with E-state index in [4.69, 9.17) is 16.3 Å². The van der Waals surface area contributed by atoms with Crippen molar-refractivity contribution in [3.63, 3.8) is 0 Å². The summed E-state index contributed by atoms with van der Waals surface area (Å²) >= 11 is 7.51. The zero-order valence-electron chi connectivity index (χ0n) is 17.7. The number of benzene rings is 1. The predicted octanol–water partition coefficient (Wildman–Crippen LogP) is 1.91. The van der Waals surface area contributed by atoms with E-state index in [1.807, 2.05) is 25.1 Å². The molecule has 0 bridgehead atoms. The topological polar surface area (TPSA) is 83.3 Å². The van der Waals surface area contributed by atoms with E-state index < -0.39 is 5.56 Å². The zero-order valence-corrected chi connectivity index (χ0v) is 19.2. The molecule has 2 saturated heterocycles. The Bertz CT molecular complexity index is 1210. The van der Waals surface area contributed by atoms with Gasteiger partial charge in [0.2, 0.25) is 10.1 Å². The molecule has 1 amide bonds. The molecular formula is C21H23ClN6O3S. The fraction of sp³-hybridized carbons (Fsp3) is 0.429. The van der Waals surface area contributed by atoms with Gasteiger partial charge in [0.05, 0.1) is 13.2 Å². The molecule has 2 aromatic heterocycles. The van der Waals surface area contributed by atoms with Crippen LogP contribution in [0.25, 0.3) is 4.96 Å². The van der Waals surface area contributed by atoms with E-state index in [0.717, 1.165) is 24.3 Å². The third kappa shape index (κ3) is 3.94. The van der Waals surface area contributed by atoms with E-state index >= 15 is 0 Å². The van der Waals surface area contributed by atoms with Crippen LogP contribution in [0.1, 0.15) is 15.9 Å². The molecule has 2 aliphatic heterocycles.